The average Bonchev–Trinajstić information content (AvgIpc) is 2.96. The van der Waals surface area contributed by atoms with Crippen LogP contribution in [0.3, 0.4) is 0 Å². The van der Waals surface area contributed by atoms with Crippen molar-refractivity contribution in [2.75, 3.05) is 17.2 Å². The molecule has 0 aromatic heterocycles. The van der Waals surface area contributed by atoms with E-state index < -0.39 is 0 Å². The maximum Gasteiger partial charge on any atom is 0.221 e. The Bertz CT molecular complexity index is 511. The Balaban J connectivity index is 1.65. The van der Waals surface area contributed by atoms with Crippen LogP contribution in [0, 0.1) is 5.92 Å². The van der Waals surface area contributed by atoms with Crippen molar-refractivity contribution in [2.45, 2.75) is 57.5 Å². The van der Waals surface area contributed by atoms with Crippen LogP contribution in [0.15, 0.2) is 24.3 Å². The lowest BCUT2D eigenvalue weighted by molar-refractivity contribution is -0.114. The topological polar surface area (TPSA) is 53.2 Å². The third-order valence-corrected chi connectivity index (χ3v) is 4.97. The second-order valence-electron chi connectivity index (χ2n) is 6.66. The highest BCUT2D eigenvalue weighted by atomic mass is 16.1. The summed E-state index contributed by atoms with van der Waals surface area (Å²) in [5.74, 6) is 0.701. The molecule has 1 aromatic rings. The van der Waals surface area contributed by atoms with E-state index in [0.29, 0.717) is 12.1 Å². The predicted octanol–water partition coefficient (Wildman–Crippen LogP) is 3.37. The van der Waals surface area contributed by atoms with Crippen LogP contribution < -0.4 is 16.0 Å². The van der Waals surface area contributed by atoms with Gasteiger partial charge in [0.25, 0.3) is 0 Å². The van der Waals surface area contributed by atoms with Gasteiger partial charge in [-0.15, -0.1) is 0 Å². The Morgan fingerprint density at radius 1 is 1.14 bits per heavy atom. The Labute approximate surface area is 133 Å². The molecule has 120 valence electrons. The number of amides is 1. The van der Waals surface area contributed by atoms with E-state index in [0.717, 1.165) is 17.3 Å². The molecule has 1 heterocycles. The van der Waals surface area contributed by atoms with Gasteiger partial charge in [-0.05, 0) is 56.3 Å². The number of nitrogens with one attached hydrogen (secondary N) is 3. The molecule has 2 aliphatic rings. The molecular formula is C18H27N3O. The summed E-state index contributed by atoms with van der Waals surface area (Å²) >= 11 is 0. The highest BCUT2D eigenvalue weighted by Crippen LogP contribution is 2.34. The normalized spacial score (nSPS) is 28.3. The van der Waals surface area contributed by atoms with Crippen LogP contribution >= 0.6 is 0 Å². The first-order chi connectivity index (χ1) is 10.7. The molecule has 0 spiro atoms. The minimum atomic E-state index is -0.0256. The number of piperidine rings is 1. The summed E-state index contributed by atoms with van der Waals surface area (Å²) in [7, 11) is 0. The van der Waals surface area contributed by atoms with Crippen molar-refractivity contribution in [3.05, 3.63) is 24.3 Å². The van der Waals surface area contributed by atoms with E-state index in [4.69, 9.17) is 0 Å². The van der Waals surface area contributed by atoms with Crippen LogP contribution in [0.1, 0.15) is 45.4 Å². The highest BCUT2D eigenvalue weighted by molar-refractivity contribution is 5.89. The summed E-state index contributed by atoms with van der Waals surface area (Å²) in [6, 6.07) is 9.27. The van der Waals surface area contributed by atoms with Crippen molar-refractivity contribution in [1.29, 1.82) is 0 Å². The van der Waals surface area contributed by atoms with Gasteiger partial charge in [0.1, 0.15) is 0 Å². The Morgan fingerprint density at radius 2 is 2.00 bits per heavy atom. The molecule has 4 heteroatoms. The zero-order valence-electron chi connectivity index (χ0n) is 13.4. The Hall–Kier alpha value is -1.55. The van der Waals surface area contributed by atoms with Crippen molar-refractivity contribution in [1.82, 2.24) is 5.32 Å². The summed E-state index contributed by atoms with van der Waals surface area (Å²) in [6.45, 7) is 2.72. The van der Waals surface area contributed by atoms with Crippen LogP contribution in [0.2, 0.25) is 0 Å². The number of hydrogen-bond acceptors (Lipinski definition) is 3. The maximum atomic E-state index is 11.2. The van der Waals surface area contributed by atoms with Gasteiger partial charge >= 0.3 is 0 Å². The van der Waals surface area contributed by atoms with Crippen molar-refractivity contribution in [3.8, 4) is 0 Å². The third kappa shape index (κ3) is 3.80. The van der Waals surface area contributed by atoms with Crippen molar-refractivity contribution in [3.63, 3.8) is 0 Å². The second-order valence-corrected chi connectivity index (χ2v) is 6.66. The number of carbonyl (C=O) groups excluding carboxylic acids is 1. The monoisotopic (exact) mass is 301 g/mol. The van der Waals surface area contributed by atoms with Gasteiger partial charge in [0, 0.05) is 30.4 Å². The van der Waals surface area contributed by atoms with E-state index >= 15 is 0 Å². The summed E-state index contributed by atoms with van der Waals surface area (Å²) < 4.78 is 0. The van der Waals surface area contributed by atoms with Crippen LogP contribution in [-0.4, -0.2) is 24.5 Å². The van der Waals surface area contributed by atoms with Gasteiger partial charge in [0.05, 0.1) is 0 Å². The molecule has 3 rings (SSSR count). The molecule has 3 N–H and O–H groups in total. The SMILES string of the molecule is CC(=O)Nc1cccc(NC2CCCC2C2CCCCN2)c1. The predicted molar refractivity (Wildman–Crippen MR) is 91.1 cm³/mol. The molecule has 1 saturated carbocycles. The molecular weight excluding hydrogens is 274 g/mol. The quantitative estimate of drug-likeness (QED) is 0.799. The fourth-order valence-corrected chi connectivity index (χ4v) is 4.00. The number of anilines is 2. The van der Waals surface area contributed by atoms with E-state index in [2.05, 4.69) is 22.0 Å². The van der Waals surface area contributed by atoms with Gasteiger partial charge < -0.3 is 16.0 Å². The first-order valence-corrected chi connectivity index (χ1v) is 8.60. The molecule has 1 aromatic carbocycles. The Morgan fingerprint density at radius 3 is 2.77 bits per heavy atom. The lowest BCUT2D eigenvalue weighted by Crippen LogP contribution is -2.44. The Kier molecular flexibility index (Phi) is 4.98. The van der Waals surface area contributed by atoms with Gasteiger partial charge in [-0.2, -0.15) is 0 Å². The van der Waals surface area contributed by atoms with Crippen LogP contribution in [0.4, 0.5) is 11.4 Å². The molecule has 1 amide bonds. The van der Waals surface area contributed by atoms with Crippen LogP contribution in [-0.2, 0) is 4.79 Å². The molecule has 0 radical (unpaired) electrons. The fraction of sp³-hybridized carbons (Fsp3) is 0.611. The third-order valence-electron chi connectivity index (χ3n) is 4.97. The van der Waals surface area contributed by atoms with Crippen LogP contribution in [0.25, 0.3) is 0 Å². The molecule has 2 fully saturated rings. The zero-order chi connectivity index (χ0) is 15.4. The first-order valence-electron chi connectivity index (χ1n) is 8.60. The van der Waals surface area contributed by atoms with E-state index in [1.807, 2.05) is 18.2 Å². The molecule has 0 bridgehead atoms. The molecule has 3 atom stereocenters. The van der Waals surface area contributed by atoms with Crippen LogP contribution in [0.5, 0.6) is 0 Å². The minimum Gasteiger partial charge on any atom is -0.382 e. The molecule has 1 saturated heterocycles. The highest BCUT2D eigenvalue weighted by Gasteiger charge is 2.34. The van der Waals surface area contributed by atoms with Crippen molar-refractivity contribution >= 4 is 17.3 Å². The second kappa shape index (κ2) is 7.14. The number of rotatable bonds is 4. The lowest BCUT2D eigenvalue weighted by atomic mass is 9.88. The van der Waals surface area contributed by atoms with Gasteiger partial charge in [-0.3, -0.25) is 4.79 Å². The van der Waals surface area contributed by atoms with E-state index in [-0.39, 0.29) is 5.91 Å². The smallest absolute Gasteiger partial charge is 0.221 e. The maximum absolute atomic E-state index is 11.2. The molecule has 1 aliphatic carbocycles. The largest absolute Gasteiger partial charge is 0.382 e. The molecule has 3 unspecified atom stereocenters. The molecule has 1 aliphatic heterocycles. The van der Waals surface area contributed by atoms with E-state index in [1.165, 1.54) is 45.1 Å². The average molecular weight is 301 g/mol. The molecule has 4 nitrogen and oxygen atoms in total. The fourth-order valence-electron chi connectivity index (χ4n) is 4.00. The van der Waals surface area contributed by atoms with Gasteiger partial charge in [0.15, 0.2) is 0 Å². The van der Waals surface area contributed by atoms with Gasteiger partial charge in [-0.25, -0.2) is 0 Å². The summed E-state index contributed by atoms with van der Waals surface area (Å²) in [6.07, 6.45) is 7.87. The zero-order valence-corrected chi connectivity index (χ0v) is 13.4. The first kappa shape index (κ1) is 15.3. The summed E-state index contributed by atoms with van der Waals surface area (Å²) in [4.78, 5) is 11.2. The molecule has 22 heavy (non-hydrogen) atoms. The summed E-state index contributed by atoms with van der Waals surface area (Å²) in [5.41, 5.74) is 1.97. The minimum absolute atomic E-state index is 0.0256. The van der Waals surface area contributed by atoms with E-state index in [1.54, 1.807) is 6.92 Å². The van der Waals surface area contributed by atoms with Gasteiger partial charge in [-0.1, -0.05) is 18.9 Å². The van der Waals surface area contributed by atoms with Gasteiger partial charge in [0.2, 0.25) is 5.91 Å². The number of benzene rings is 1. The summed E-state index contributed by atoms with van der Waals surface area (Å²) in [5, 5.41) is 10.3. The van der Waals surface area contributed by atoms with E-state index in [9.17, 15) is 4.79 Å². The number of carbonyl (C=O) groups is 1. The lowest BCUT2D eigenvalue weighted by Gasteiger charge is -2.33. The number of hydrogen-bond donors (Lipinski definition) is 3. The van der Waals surface area contributed by atoms with Crippen molar-refractivity contribution < 1.29 is 4.79 Å². The standard InChI is InChI=1S/C18H27N3O/c1-13(22)20-14-6-4-7-15(12-14)21-18-10-5-8-16(18)17-9-2-3-11-19-17/h4,6-7,12,16-19,21H,2-3,5,8-11H2,1H3,(H,20,22). The van der Waals surface area contributed by atoms with Crippen molar-refractivity contribution in [2.24, 2.45) is 5.92 Å².